The van der Waals surface area contributed by atoms with Crippen LogP contribution in [0.3, 0.4) is 0 Å². The summed E-state index contributed by atoms with van der Waals surface area (Å²) in [5, 5.41) is 7.01. The molecule has 3 rings (SSSR count). The van der Waals surface area contributed by atoms with Crippen LogP contribution in [-0.2, 0) is 18.3 Å². The van der Waals surface area contributed by atoms with Crippen molar-refractivity contribution in [2.75, 3.05) is 13.1 Å². The van der Waals surface area contributed by atoms with E-state index >= 15 is 0 Å². The Hall–Kier alpha value is -2.63. The van der Waals surface area contributed by atoms with Gasteiger partial charge in [-0.3, -0.25) is 14.3 Å². The van der Waals surface area contributed by atoms with Crippen molar-refractivity contribution in [3.8, 4) is 0 Å². The summed E-state index contributed by atoms with van der Waals surface area (Å²) in [6.45, 7) is 2.90. The average molecular weight is 340 g/mol. The number of nitrogens with zero attached hydrogens (tertiary/aromatic N) is 3. The van der Waals surface area contributed by atoms with Gasteiger partial charge in [-0.15, -0.1) is 0 Å². The lowest BCUT2D eigenvalue weighted by Crippen LogP contribution is -2.30. The summed E-state index contributed by atoms with van der Waals surface area (Å²) in [4.78, 5) is 25.7. The van der Waals surface area contributed by atoms with E-state index < -0.39 is 0 Å². The molecule has 2 aromatic rings. The molecule has 132 valence electrons. The summed E-state index contributed by atoms with van der Waals surface area (Å²) in [6, 6.07) is 7.79. The molecule has 0 spiro atoms. The molecule has 2 amide bonds. The van der Waals surface area contributed by atoms with Crippen molar-refractivity contribution in [3.63, 3.8) is 0 Å². The van der Waals surface area contributed by atoms with E-state index in [9.17, 15) is 9.59 Å². The molecule has 25 heavy (non-hydrogen) atoms. The van der Waals surface area contributed by atoms with E-state index in [1.807, 2.05) is 48.6 Å². The van der Waals surface area contributed by atoms with Gasteiger partial charge < -0.3 is 10.2 Å². The van der Waals surface area contributed by atoms with E-state index in [4.69, 9.17) is 0 Å². The van der Waals surface area contributed by atoms with Gasteiger partial charge in [-0.1, -0.05) is 12.1 Å². The van der Waals surface area contributed by atoms with Crippen molar-refractivity contribution >= 4 is 11.8 Å². The molecule has 0 bridgehead atoms. The number of nitrogens with one attached hydrogen (secondary N) is 1. The topological polar surface area (TPSA) is 67.2 Å². The van der Waals surface area contributed by atoms with E-state index in [0.29, 0.717) is 12.1 Å². The van der Waals surface area contributed by atoms with Crippen LogP contribution in [0.15, 0.2) is 36.7 Å². The first-order chi connectivity index (χ1) is 12.0. The largest absolute Gasteiger partial charge is 0.356 e. The smallest absolute Gasteiger partial charge is 0.254 e. The van der Waals surface area contributed by atoms with Crippen LogP contribution >= 0.6 is 0 Å². The minimum Gasteiger partial charge on any atom is -0.356 e. The molecule has 6 heteroatoms. The van der Waals surface area contributed by atoms with Gasteiger partial charge in [-0.2, -0.15) is 5.10 Å². The summed E-state index contributed by atoms with van der Waals surface area (Å²) in [6.07, 6.45) is 6.59. The summed E-state index contributed by atoms with van der Waals surface area (Å²) in [5.74, 6) is 0.0436. The summed E-state index contributed by atoms with van der Waals surface area (Å²) in [7, 11) is 1.89. The number of amides is 2. The summed E-state index contributed by atoms with van der Waals surface area (Å²) in [5.41, 5.74) is 2.91. The molecule has 1 atom stereocenters. The highest BCUT2D eigenvalue weighted by molar-refractivity contribution is 5.94. The van der Waals surface area contributed by atoms with Crippen LogP contribution < -0.4 is 5.32 Å². The Morgan fingerprint density at radius 2 is 2.04 bits per heavy atom. The number of likely N-dealkylation sites (tertiary alicyclic amines) is 1. The number of hydrogen-bond donors (Lipinski definition) is 1. The third-order valence-corrected chi connectivity index (χ3v) is 4.61. The molecule has 0 unspecified atom stereocenters. The van der Waals surface area contributed by atoms with Crippen LogP contribution in [0.25, 0.3) is 0 Å². The van der Waals surface area contributed by atoms with E-state index in [1.54, 1.807) is 4.68 Å². The first-order valence-electron chi connectivity index (χ1n) is 8.67. The normalized spacial score (nSPS) is 16.9. The summed E-state index contributed by atoms with van der Waals surface area (Å²) < 4.78 is 1.78. The zero-order valence-electron chi connectivity index (χ0n) is 14.7. The van der Waals surface area contributed by atoms with Crippen molar-refractivity contribution in [2.45, 2.75) is 32.2 Å². The highest BCUT2D eigenvalue weighted by atomic mass is 16.2. The molecular formula is C19H24N4O2. The average Bonchev–Trinajstić information content (AvgIpc) is 3.23. The molecule has 0 aliphatic carbocycles. The van der Waals surface area contributed by atoms with Crippen LogP contribution in [0.4, 0.5) is 0 Å². The molecule has 1 aliphatic rings. The van der Waals surface area contributed by atoms with Gasteiger partial charge in [0.25, 0.3) is 5.91 Å². The number of hydrogen-bond acceptors (Lipinski definition) is 3. The third kappa shape index (κ3) is 4.07. The van der Waals surface area contributed by atoms with Crippen molar-refractivity contribution in [3.05, 3.63) is 53.3 Å². The van der Waals surface area contributed by atoms with Gasteiger partial charge in [-0.25, -0.2) is 0 Å². The Morgan fingerprint density at radius 1 is 1.28 bits per heavy atom. The number of carbonyl (C=O) groups is 2. The SMILES string of the molecule is CC(=O)NCCc1ccc(C(=O)N2CCC[C@@H]2c2cnn(C)c2)cc1. The lowest BCUT2D eigenvalue weighted by molar-refractivity contribution is -0.118. The van der Waals surface area contributed by atoms with Gasteiger partial charge in [-0.05, 0) is 37.0 Å². The Kier molecular flexibility index (Phi) is 5.16. The quantitative estimate of drug-likeness (QED) is 0.906. The van der Waals surface area contributed by atoms with E-state index in [1.165, 1.54) is 6.92 Å². The predicted molar refractivity (Wildman–Crippen MR) is 95.0 cm³/mol. The van der Waals surface area contributed by atoms with Crippen LogP contribution in [-0.4, -0.2) is 39.6 Å². The number of aryl methyl sites for hydroxylation is 1. The minimum absolute atomic E-state index is 0.0257. The molecule has 1 aliphatic heterocycles. The number of rotatable bonds is 5. The summed E-state index contributed by atoms with van der Waals surface area (Å²) >= 11 is 0. The standard InChI is InChI=1S/C19H24N4O2/c1-14(24)20-10-9-15-5-7-16(8-6-15)19(25)23-11-3-4-18(23)17-12-21-22(2)13-17/h5-8,12-13,18H,3-4,9-11H2,1-2H3,(H,20,24)/t18-/m1/s1. The molecule has 1 N–H and O–H groups in total. The molecule has 1 aromatic heterocycles. The Balaban J connectivity index is 1.66. The van der Waals surface area contributed by atoms with Crippen molar-refractivity contribution < 1.29 is 9.59 Å². The maximum absolute atomic E-state index is 12.9. The van der Waals surface area contributed by atoms with Crippen LogP contribution in [0.1, 0.15) is 47.3 Å². The second-order valence-electron chi connectivity index (χ2n) is 6.53. The maximum atomic E-state index is 12.9. The molecule has 6 nitrogen and oxygen atoms in total. The Labute approximate surface area is 147 Å². The van der Waals surface area contributed by atoms with Crippen LogP contribution in [0.2, 0.25) is 0 Å². The highest BCUT2D eigenvalue weighted by Crippen LogP contribution is 2.32. The van der Waals surface area contributed by atoms with E-state index in [-0.39, 0.29) is 17.9 Å². The molecule has 0 radical (unpaired) electrons. The zero-order valence-corrected chi connectivity index (χ0v) is 14.7. The molecule has 1 saturated heterocycles. The van der Waals surface area contributed by atoms with Crippen LogP contribution in [0, 0.1) is 0 Å². The van der Waals surface area contributed by atoms with Gasteiger partial charge in [0.2, 0.25) is 5.91 Å². The Morgan fingerprint density at radius 3 is 2.68 bits per heavy atom. The van der Waals surface area contributed by atoms with E-state index in [0.717, 1.165) is 36.9 Å². The second-order valence-corrected chi connectivity index (χ2v) is 6.53. The molecule has 1 aromatic carbocycles. The van der Waals surface area contributed by atoms with E-state index in [2.05, 4.69) is 10.4 Å². The fraction of sp³-hybridized carbons (Fsp3) is 0.421. The molecule has 1 fully saturated rings. The first kappa shape index (κ1) is 17.2. The maximum Gasteiger partial charge on any atom is 0.254 e. The van der Waals surface area contributed by atoms with Crippen molar-refractivity contribution in [1.82, 2.24) is 20.0 Å². The fourth-order valence-electron chi connectivity index (χ4n) is 3.33. The van der Waals surface area contributed by atoms with Gasteiger partial charge in [0, 0.05) is 44.4 Å². The second kappa shape index (κ2) is 7.51. The fourth-order valence-corrected chi connectivity index (χ4v) is 3.33. The van der Waals surface area contributed by atoms with Gasteiger partial charge >= 0.3 is 0 Å². The van der Waals surface area contributed by atoms with Crippen LogP contribution in [0.5, 0.6) is 0 Å². The first-order valence-corrected chi connectivity index (χ1v) is 8.67. The molecule has 2 heterocycles. The Bertz CT molecular complexity index is 751. The lowest BCUT2D eigenvalue weighted by atomic mass is 10.1. The number of benzene rings is 1. The monoisotopic (exact) mass is 340 g/mol. The predicted octanol–water partition coefficient (Wildman–Crippen LogP) is 2.08. The third-order valence-electron chi connectivity index (χ3n) is 4.61. The lowest BCUT2D eigenvalue weighted by Gasteiger charge is -2.24. The number of carbonyl (C=O) groups excluding carboxylic acids is 2. The van der Waals surface area contributed by atoms with Crippen molar-refractivity contribution in [1.29, 1.82) is 0 Å². The molecular weight excluding hydrogens is 316 g/mol. The molecule has 0 saturated carbocycles. The van der Waals surface area contributed by atoms with Crippen molar-refractivity contribution in [2.24, 2.45) is 7.05 Å². The van der Waals surface area contributed by atoms with Gasteiger partial charge in [0.05, 0.1) is 12.2 Å². The minimum atomic E-state index is -0.0257. The zero-order chi connectivity index (χ0) is 17.8. The number of aromatic nitrogens is 2. The van der Waals surface area contributed by atoms with Gasteiger partial charge in [0.15, 0.2) is 0 Å². The van der Waals surface area contributed by atoms with Gasteiger partial charge in [0.1, 0.15) is 0 Å². The highest BCUT2D eigenvalue weighted by Gasteiger charge is 2.31.